The number of ether oxygens (including phenoxy) is 1. The molecule has 8 heteroatoms. The van der Waals surface area contributed by atoms with Crippen molar-refractivity contribution in [2.75, 3.05) is 6.54 Å². The number of carbonyl (C=O) groups is 1. The van der Waals surface area contributed by atoms with Gasteiger partial charge in [-0.25, -0.2) is 19.9 Å². The molecule has 4 aromatic rings. The minimum absolute atomic E-state index is 0.0180. The monoisotopic (exact) mass is 438 g/mol. The van der Waals surface area contributed by atoms with Crippen LogP contribution in [0.1, 0.15) is 29.0 Å². The van der Waals surface area contributed by atoms with Crippen molar-refractivity contribution >= 4 is 16.9 Å². The third-order valence-corrected chi connectivity index (χ3v) is 6.44. The highest BCUT2D eigenvalue weighted by Gasteiger charge is 2.49. The quantitative estimate of drug-likeness (QED) is 0.481. The van der Waals surface area contributed by atoms with Crippen molar-refractivity contribution < 1.29 is 9.53 Å². The molecular weight excluding hydrogens is 416 g/mol. The molecule has 1 aliphatic carbocycles. The van der Waals surface area contributed by atoms with Crippen LogP contribution < -0.4 is 4.74 Å². The number of amides is 1. The van der Waals surface area contributed by atoms with E-state index in [4.69, 9.17) is 4.74 Å². The Labute approximate surface area is 190 Å². The van der Waals surface area contributed by atoms with Gasteiger partial charge in [-0.15, -0.1) is 0 Å². The summed E-state index contributed by atoms with van der Waals surface area (Å²) in [4.78, 5) is 37.7. The molecule has 33 heavy (non-hydrogen) atoms. The lowest BCUT2D eigenvalue weighted by atomic mass is 10.1. The summed E-state index contributed by atoms with van der Waals surface area (Å²) in [6.45, 7) is 2.59. The smallest absolute Gasteiger partial charge is 0.273 e. The Morgan fingerprint density at radius 2 is 1.82 bits per heavy atom. The van der Waals surface area contributed by atoms with Crippen LogP contribution in [-0.4, -0.2) is 54.4 Å². The highest BCUT2D eigenvalue weighted by Crippen LogP contribution is 2.40. The van der Waals surface area contributed by atoms with Crippen molar-refractivity contribution in [1.29, 1.82) is 0 Å². The molecule has 2 fully saturated rings. The Hall–Kier alpha value is -3.94. The van der Waals surface area contributed by atoms with Crippen molar-refractivity contribution in [3.8, 4) is 17.3 Å². The van der Waals surface area contributed by atoms with E-state index in [1.54, 1.807) is 24.7 Å². The van der Waals surface area contributed by atoms with E-state index in [0.717, 1.165) is 23.9 Å². The van der Waals surface area contributed by atoms with E-state index in [1.807, 2.05) is 48.2 Å². The third-order valence-electron chi connectivity index (χ3n) is 6.44. The molecule has 0 radical (unpaired) electrons. The molecule has 4 aromatic heterocycles. The van der Waals surface area contributed by atoms with Crippen molar-refractivity contribution in [2.45, 2.75) is 31.9 Å². The molecule has 1 saturated heterocycles. The second kappa shape index (κ2) is 7.88. The van der Waals surface area contributed by atoms with Crippen LogP contribution in [0.2, 0.25) is 0 Å². The second-order valence-corrected chi connectivity index (χ2v) is 8.64. The van der Waals surface area contributed by atoms with Gasteiger partial charge in [0.1, 0.15) is 11.8 Å². The molecule has 0 unspecified atom stereocenters. The number of rotatable bonds is 4. The molecule has 2 bridgehead atoms. The fourth-order valence-corrected chi connectivity index (χ4v) is 4.96. The van der Waals surface area contributed by atoms with Crippen molar-refractivity contribution in [3.05, 3.63) is 72.4 Å². The summed E-state index contributed by atoms with van der Waals surface area (Å²) in [5, 5.41) is 0.968. The molecule has 2 aliphatic rings. The summed E-state index contributed by atoms with van der Waals surface area (Å²) in [6, 6.07) is 13.2. The summed E-state index contributed by atoms with van der Waals surface area (Å²) in [5.41, 5.74) is 2.47. The van der Waals surface area contributed by atoms with E-state index < -0.39 is 0 Å². The normalized spacial score (nSPS) is 21.5. The Bertz CT molecular complexity index is 1350. The predicted octanol–water partition coefficient (Wildman–Crippen LogP) is 3.47. The van der Waals surface area contributed by atoms with Gasteiger partial charge in [0.25, 0.3) is 5.91 Å². The first-order valence-corrected chi connectivity index (χ1v) is 11.1. The van der Waals surface area contributed by atoms with Crippen molar-refractivity contribution in [1.82, 2.24) is 29.8 Å². The zero-order valence-electron chi connectivity index (χ0n) is 18.1. The van der Waals surface area contributed by atoms with Gasteiger partial charge in [0.15, 0.2) is 11.5 Å². The first-order chi connectivity index (χ1) is 16.2. The molecule has 3 atom stereocenters. The molecule has 6 rings (SSSR count). The summed E-state index contributed by atoms with van der Waals surface area (Å²) < 4.78 is 6.28. The molecule has 0 N–H and O–H groups in total. The number of nitrogens with zero attached hydrogens (tertiary/aromatic N) is 6. The SMILES string of the molecule is Cc1ccc(-c2ncccn2)c(C(=O)N2C[C@H]3C[C@@H](Oc4ccc5cccnc5n4)[C@@H]2C3)n1. The van der Waals surface area contributed by atoms with Gasteiger partial charge in [-0.05, 0) is 62.1 Å². The number of hydrogen-bond acceptors (Lipinski definition) is 7. The second-order valence-electron chi connectivity index (χ2n) is 8.64. The Morgan fingerprint density at radius 3 is 2.67 bits per heavy atom. The van der Waals surface area contributed by atoms with E-state index in [9.17, 15) is 4.79 Å². The van der Waals surface area contributed by atoms with Crippen LogP contribution in [-0.2, 0) is 0 Å². The lowest BCUT2D eigenvalue weighted by molar-refractivity contribution is 0.0463. The van der Waals surface area contributed by atoms with E-state index in [2.05, 4.69) is 24.9 Å². The van der Waals surface area contributed by atoms with Gasteiger partial charge < -0.3 is 9.64 Å². The van der Waals surface area contributed by atoms with E-state index >= 15 is 0 Å². The van der Waals surface area contributed by atoms with Crippen LogP contribution >= 0.6 is 0 Å². The molecule has 164 valence electrons. The summed E-state index contributed by atoms with van der Waals surface area (Å²) in [7, 11) is 0. The standard InChI is InChI=1S/C25H22N6O2/c1-15-5-7-18(24-27-10-3-11-28-24)22(29-15)25(32)31-14-16-12-19(31)20(13-16)33-21-8-6-17-4-2-9-26-23(17)30-21/h2-11,16,19-20H,12-14H2,1H3/t16-,19+,20-/m1/s1. The molecule has 1 amide bonds. The minimum Gasteiger partial charge on any atom is -0.472 e. The van der Waals surface area contributed by atoms with Gasteiger partial charge in [0.2, 0.25) is 5.88 Å². The van der Waals surface area contributed by atoms with Crippen LogP contribution in [0, 0.1) is 12.8 Å². The fourth-order valence-electron chi connectivity index (χ4n) is 4.96. The molecule has 0 spiro atoms. The molecular formula is C25H22N6O2. The Morgan fingerprint density at radius 1 is 0.970 bits per heavy atom. The number of carbonyl (C=O) groups excluding carboxylic acids is 1. The average Bonchev–Trinajstić information content (AvgIpc) is 3.45. The van der Waals surface area contributed by atoms with E-state index in [1.165, 1.54) is 0 Å². The summed E-state index contributed by atoms with van der Waals surface area (Å²) >= 11 is 0. The largest absolute Gasteiger partial charge is 0.472 e. The first kappa shape index (κ1) is 19.7. The molecule has 1 saturated carbocycles. The highest BCUT2D eigenvalue weighted by molar-refractivity contribution is 5.98. The van der Waals surface area contributed by atoms with E-state index in [-0.39, 0.29) is 18.1 Å². The number of pyridine rings is 3. The molecule has 5 heterocycles. The van der Waals surface area contributed by atoms with Gasteiger partial charge in [0, 0.05) is 42.3 Å². The minimum atomic E-state index is -0.109. The Kier molecular flexibility index (Phi) is 4.71. The fraction of sp³-hybridized carbons (Fsp3) is 0.280. The van der Waals surface area contributed by atoms with Crippen LogP contribution in [0.3, 0.4) is 0 Å². The third kappa shape index (κ3) is 3.57. The maximum absolute atomic E-state index is 13.7. The topological polar surface area (TPSA) is 94.0 Å². The number of aromatic nitrogens is 5. The number of hydrogen-bond donors (Lipinski definition) is 0. The number of fused-ring (bicyclic) bond motifs is 3. The lowest BCUT2D eigenvalue weighted by Gasteiger charge is -2.33. The maximum Gasteiger partial charge on any atom is 0.273 e. The number of aryl methyl sites for hydroxylation is 1. The van der Waals surface area contributed by atoms with E-state index in [0.29, 0.717) is 41.1 Å². The molecule has 8 nitrogen and oxygen atoms in total. The maximum atomic E-state index is 13.7. The average molecular weight is 438 g/mol. The van der Waals surface area contributed by atoms with Crippen LogP contribution in [0.25, 0.3) is 22.4 Å². The molecule has 0 aromatic carbocycles. The van der Waals surface area contributed by atoms with Crippen LogP contribution in [0.4, 0.5) is 0 Å². The lowest BCUT2D eigenvalue weighted by Crippen LogP contribution is -2.47. The van der Waals surface area contributed by atoms with Gasteiger partial charge in [-0.3, -0.25) is 4.79 Å². The highest BCUT2D eigenvalue weighted by atomic mass is 16.5. The van der Waals surface area contributed by atoms with Gasteiger partial charge >= 0.3 is 0 Å². The van der Waals surface area contributed by atoms with Crippen molar-refractivity contribution in [2.24, 2.45) is 5.92 Å². The zero-order chi connectivity index (χ0) is 22.4. The number of likely N-dealkylation sites (tertiary alicyclic amines) is 1. The van der Waals surface area contributed by atoms with Gasteiger partial charge in [-0.2, -0.15) is 4.98 Å². The number of piperidine rings is 1. The zero-order valence-corrected chi connectivity index (χ0v) is 18.1. The van der Waals surface area contributed by atoms with Crippen molar-refractivity contribution in [3.63, 3.8) is 0 Å². The van der Waals surface area contributed by atoms with Gasteiger partial charge in [-0.1, -0.05) is 0 Å². The Balaban J connectivity index is 1.28. The predicted molar refractivity (Wildman–Crippen MR) is 122 cm³/mol. The van der Waals surface area contributed by atoms with Crippen LogP contribution in [0.15, 0.2) is 61.1 Å². The van der Waals surface area contributed by atoms with Gasteiger partial charge in [0.05, 0.1) is 11.6 Å². The van der Waals surface area contributed by atoms with Crippen LogP contribution in [0.5, 0.6) is 5.88 Å². The summed E-state index contributed by atoms with van der Waals surface area (Å²) in [5.74, 6) is 1.34. The first-order valence-electron chi connectivity index (χ1n) is 11.1. The molecule has 1 aliphatic heterocycles. The summed E-state index contributed by atoms with van der Waals surface area (Å²) in [6.07, 6.45) is 6.78.